The zero-order valence-corrected chi connectivity index (χ0v) is 17.2. The molecule has 152 valence electrons. The van der Waals surface area contributed by atoms with E-state index in [1.165, 1.54) is 0 Å². The number of benzene rings is 3. The molecule has 0 aliphatic rings. The summed E-state index contributed by atoms with van der Waals surface area (Å²) in [5, 5.41) is 10.1. The van der Waals surface area contributed by atoms with E-state index in [1.54, 1.807) is 14.2 Å². The maximum atomic E-state index is 5.30. The molecule has 0 bridgehead atoms. The van der Waals surface area contributed by atoms with E-state index < -0.39 is 0 Å². The average molecular weight is 408 g/mol. The first-order valence-electron chi connectivity index (χ1n) is 9.87. The highest BCUT2D eigenvalue weighted by Gasteiger charge is 2.16. The summed E-state index contributed by atoms with van der Waals surface area (Å²) < 4.78 is 10.6. The number of nitrogens with zero attached hydrogens (tertiary/aromatic N) is 3. The predicted octanol–water partition coefficient (Wildman–Crippen LogP) is 5.37. The van der Waals surface area contributed by atoms with E-state index in [4.69, 9.17) is 14.5 Å². The van der Waals surface area contributed by atoms with Crippen LogP contribution in [0.25, 0.3) is 44.9 Å². The van der Waals surface area contributed by atoms with Crippen molar-refractivity contribution >= 4 is 10.9 Å². The number of nitrogens with one attached hydrogen (secondary N) is 1. The van der Waals surface area contributed by atoms with Crippen molar-refractivity contribution in [2.75, 3.05) is 14.2 Å². The standard InChI is InChI=1S/C25H20N4O2/c1-30-19-11-7-16(8-12-19)23-24(17-9-13-20(31-2)14-10-17)28-29-25(27-23)22-15-18-5-3-4-6-21(18)26-22/h3-15,26H,1-2H3. The summed E-state index contributed by atoms with van der Waals surface area (Å²) in [5.74, 6) is 2.11. The Labute approximate surface area is 179 Å². The lowest BCUT2D eigenvalue weighted by atomic mass is 10.0. The molecule has 0 aliphatic heterocycles. The second-order valence-electron chi connectivity index (χ2n) is 7.06. The largest absolute Gasteiger partial charge is 0.497 e. The second-order valence-corrected chi connectivity index (χ2v) is 7.06. The minimum Gasteiger partial charge on any atom is -0.497 e. The first kappa shape index (κ1) is 18.8. The van der Waals surface area contributed by atoms with Gasteiger partial charge in [-0.2, -0.15) is 0 Å². The number of para-hydroxylation sites is 1. The van der Waals surface area contributed by atoms with Crippen LogP contribution < -0.4 is 9.47 Å². The molecule has 0 spiro atoms. The van der Waals surface area contributed by atoms with E-state index in [1.807, 2.05) is 72.8 Å². The van der Waals surface area contributed by atoms with Crippen LogP contribution in [0.4, 0.5) is 0 Å². The summed E-state index contributed by atoms with van der Waals surface area (Å²) in [4.78, 5) is 8.29. The summed E-state index contributed by atoms with van der Waals surface area (Å²) in [5.41, 5.74) is 5.15. The second kappa shape index (κ2) is 7.91. The summed E-state index contributed by atoms with van der Waals surface area (Å²) >= 11 is 0. The summed E-state index contributed by atoms with van der Waals surface area (Å²) in [7, 11) is 3.30. The molecule has 0 fully saturated rings. The van der Waals surface area contributed by atoms with Gasteiger partial charge in [-0.3, -0.25) is 0 Å². The van der Waals surface area contributed by atoms with Gasteiger partial charge in [-0.15, -0.1) is 10.2 Å². The topological polar surface area (TPSA) is 72.9 Å². The number of aromatic amines is 1. The molecule has 5 aromatic rings. The van der Waals surface area contributed by atoms with Gasteiger partial charge >= 0.3 is 0 Å². The Kier molecular flexibility index (Phi) is 4.80. The zero-order valence-electron chi connectivity index (χ0n) is 17.2. The summed E-state index contributed by atoms with van der Waals surface area (Å²) in [6, 6.07) is 25.6. The molecule has 0 aliphatic carbocycles. The average Bonchev–Trinajstić information content (AvgIpc) is 3.28. The van der Waals surface area contributed by atoms with Gasteiger partial charge in [0.05, 0.1) is 19.9 Å². The molecule has 1 N–H and O–H groups in total. The Morgan fingerprint density at radius 1 is 0.677 bits per heavy atom. The van der Waals surface area contributed by atoms with Gasteiger partial charge in [0.15, 0.2) is 5.82 Å². The van der Waals surface area contributed by atoms with Crippen molar-refractivity contribution in [3.63, 3.8) is 0 Å². The SMILES string of the molecule is COc1ccc(-c2nnc(-c3cc4ccccc4[nH]3)nc2-c2ccc(OC)cc2)cc1. The van der Waals surface area contributed by atoms with E-state index in [2.05, 4.69) is 21.2 Å². The van der Waals surface area contributed by atoms with Crippen molar-refractivity contribution in [1.29, 1.82) is 0 Å². The van der Waals surface area contributed by atoms with Gasteiger partial charge in [-0.25, -0.2) is 4.98 Å². The van der Waals surface area contributed by atoms with Gasteiger partial charge in [-0.05, 0) is 60.7 Å². The molecule has 0 amide bonds. The number of rotatable bonds is 5. The lowest BCUT2D eigenvalue weighted by Gasteiger charge is -2.10. The molecule has 6 nitrogen and oxygen atoms in total. The minimum absolute atomic E-state index is 0.541. The molecule has 0 radical (unpaired) electrons. The van der Waals surface area contributed by atoms with Crippen LogP contribution in [0.15, 0.2) is 78.9 Å². The first-order chi connectivity index (χ1) is 15.2. The quantitative estimate of drug-likeness (QED) is 0.423. The fourth-order valence-electron chi connectivity index (χ4n) is 3.53. The van der Waals surface area contributed by atoms with E-state index in [0.29, 0.717) is 11.5 Å². The summed E-state index contributed by atoms with van der Waals surface area (Å²) in [6.07, 6.45) is 0. The van der Waals surface area contributed by atoms with Crippen LogP contribution in [-0.2, 0) is 0 Å². The number of ether oxygens (including phenoxy) is 2. The molecule has 0 atom stereocenters. The highest BCUT2D eigenvalue weighted by Crippen LogP contribution is 2.32. The number of H-pyrrole nitrogens is 1. The lowest BCUT2D eigenvalue weighted by Crippen LogP contribution is -2.00. The molecule has 2 heterocycles. The molecular formula is C25H20N4O2. The van der Waals surface area contributed by atoms with Crippen molar-refractivity contribution in [3.05, 3.63) is 78.9 Å². The molecule has 0 unspecified atom stereocenters. The first-order valence-corrected chi connectivity index (χ1v) is 9.87. The molecule has 31 heavy (non-hydrogen) atoms. The Hall–Kier alpha value is -4.19. The molecule has 0 saturated heterocycles. The Morgan fingerprint density at radius 3 is 1.90 bits per heavy atom. The number of methoxy groups -OCH3 is 2. The van der Waals surface area contributed by atoms with E-state index in [9.17, 15) is 0 Å². The normalized spacial score (nSPS) is 10.9. The van der Waals surface area contributed by atoms with Crippen LogP contribution in [0, 0.1) is 0 Å². The Bertz CT molecular complexity index is 1310. The highest BCUT2D eigenvalue weighted by atomic mass is 16.5. The van der Waals surface area contributed by atoms with Crippen LogP contribution in [0.2, 0.25) is 0 Å². The minimum atomic E-state index is 0.541. The molecule has 6 heteroatoms. The van der Waals surface area contributed by atoms with E-state index in [-0.39, 0.29) is 0 Å². The highest BCUT2D eigenvalue weighted by molar-refractivity contribution is 5.85. The third-order valence-electron chi connectivity index (χ3n) is 5.18. The molecule has 5 rings (SSSR count). The van der Waals surface area contributed by atoms with Gasteiger partial charge in [0, 0.05) is 22.0 Å². The monoisotopic (exact) mass is 408 g/mol. The Balaban J connectivity index is 1.66. The fraction of sp³-hybridized carbons (Fsp3) is 0.0800. The van der Waals surface area contributed by atoms with Crippen LogP contribution in [0.5, 0.6) is 11.5 Å². The maximum absolute atomic E-state index is 5.30. The number of aromatic nitrogens is 4. The van der Waals surface area contributed by atoms with Gasteiger partial charge in [0.25, 0.3) is 0 Å². The number of hydrogen-bond acceptors (Lipinski definition) is 5. The molecule has 2 aromatic heterocycles. The van der Waals surface area contributed by atoms with Crippen LogP contribution in [0.3, 0.4) is 0 Å². The molecule has 0 saturated carbocycles. The third-order valence-corrected chi connectivity index (χ3v) is 5.18. The van der Waals surface area contributed by atoms with Crippen molar-refractivity contribution in [2.45, 2.75) is 0 Å². The van der Waals surface area contributed by atoms with Crippen molar-refractivity contribution in [1.82, 2.24) is 20.2 Å². The number of hydrogen-bond donors (Lipinski definition) is 1. The van der Waals surface area contributed by atoms with Crippen LogP contribution in [0.1, 0.15) is 0 Å². The van der Waals surface area contributed by atoms with Crippen molar-refractivity contribution in [3.8, 4) is 45.5 Å². The van der Waals surface area contributed by atoms with Gasteiger partial charge in [0.1, 0.15) is 22.9 Å². The zero-order chi connectivity index (χ0) is 21.2. The van der Waals surface area contributed by atoms with Crippen LogP contribution in [-0.4, -0.2) is 34.4 Å². The fourth-order valence-corrected chi connectivity index (χ4v) is 3.53. The smallest absolute Gasteiger partial charge is 0.198 e. The van der Waals surface area contributed by atoms with Crippen molar-refractivity contribution in [2.24, 2.45) is 0 Å². The molecule has 3 aromatic carbocycles. The van der Waals surface area contributed by atoms with Crippen molar-refractivity contribution < 1.29 is 9.47 Å². The van der Waals surface area contributed by atoms with Gasteiger partial charge in [-0.1, -0.05) is 18.2 Å². The van der Waals surface area contributed by atoms with Gasteiger partial charge in [0.2, 0.25) is 0 Å². The van der Waals surface area contributed by atoms with E-state index in [0.717, 1.165) is 44.9 Å². The maximum Gasteiger partial charge on any atom is 0.198 e. The van der Waals surface area contributed by atoms with Gasteiger partial charge < -0.3 is 14.5 Å². The lowest BCUT2D eigenvalue weighted by molar-refractivity contribution is 0.414. The van der Waals surface area contributed by atoms with Crippen LogP contribution >= 0.6 is 0 Å². The third kappa shape index (κ3) is 3.59. The van der Waals surface area contributed by atoms with E-state index >= 15 is 0 Å². The Morgan fingerprint density at radius 2 is 1.29 bits per heavy atom. The molecular weight excluding hydrogens is 388 g/mol. The number of fused-ring (bicyclic) bond motifs is 1. The summed E-state index contributed by atoms with van der Waals surface area (Å²) in [6.45, 7) is 0. The predicted molar refractivity (Wildman–Crippen MR) is 121 cm³/mol.